The van der Waals surface area contributed by atoms with Crippen LogP contribution in [0.25, 0.3) is 0 Å². The number of ether oxygens (including phenoxy) is 3. The van der Waals surface area contributed by atoms with Gasteiger partial charge in [-0.1, -0.05) is 0 Å². The molecule has 0 radical (unpaired) electrons. The van der Waals surface area contributed by atoms with Gasteiger partial charge in [0.05, 0.1) is 12.7 Å². The first kappa shape index (κ1) is 13.8. The highest BCUT2D eigenvalue weighted by Gasteiger charge is 2.00. The molecule has 1 unspecified atom stereocenters. The molecule has 1 atom stereocenters. The van der Waals surface area contributed by atoms with Crippen molar-refractivity contribution in [2.75, 3.05) is 47.1 Å². The highest BCUT2D eigenvalue weighted by molar-refractivity contribution is 4.54. The summed E-state index contributed by atoms with van der Waals surface area (Å²) in [6.45, 7) is 6.09. The fraction of sp³-hybridized carbons (Fsp3) is 1.00. The number of methoxy groups -OCH3 is 2. The second kappa shape index (κ2) is 10.9. The van der Waals surface area contributed by atoms with Crippen molar-refractivity contribution in [1.29, 1.82) is 0 Å². The lowest BCUT2D eigenvalue weighted by atomic mass is 10.4. The van der Waals surface area contributed by atoms with Crippen LogP contribution >= 0.6 is 0 Å². The minimum atomic E-state index is 0.253. The van der Waals surface area contributed by atoms with Crippen LogP contribution in [-0.2, 0) is 14.2 Å². The van der Waals surface area contributed by atoms with Crippen LogP contribution in [0.3, 0.4) is 0 Å². The molecule has 0 fully saturated rings. The zero-order valence-corrected chi connectivity index (χ0v) is 9.54. The van der Waals surface area contributed by atoms with Gasteiger partial charge in [-0.15, -0.1) is 0 Å². The van der Waals surface area contributed by atoms with E-state index in [2.05, 4.69) is 12.2 Å². The molecule has 86 valence electrons. The van der Waals surface area contributed by atoms with Crippen LogP contribution in [-0.4, -0.2) is 53.2 Å². The third kappa shape index (κ3) is 9.92. The van der Waals surface area contributed by atoms with Gasteiger partial charge < -0.3 is 19.5 Å². The normalized spacial score (nSPS) is 13.1. The highest BCUT2D eigenvalue weighted by Crippen LogP contribution is 1.91. The summed E-state index contributed by atoms with van der Waals surface area (Å²) in [5.41, 5.74) is 0. The predicted molar refractivity (Wildman–Crippen MR) is 56.7 cm³/mol. The minimum Gasteiger partial charge on any atom is -0.385 e. The quantitative estimate of drug-likeness (QED) is 0.532. The lowest BCUT2D eigenvalue weighted by Crippen LogP contribution is -2.29. The molecular formula is C10H23NO3. The number of rotatable bonds is 10. The number of nitrogens with one attached hydrogen (secondary N) is 1. The van der Waals surface area contributed by atoms with E-state index in [1.807, 2.05) is 0 Å². The Kier molecular flexibility index (Phi) is 10.8. The van der Waals surface area contributed by atoms with Gasteiger partial charge in [0.15, 0.2) is 0 Å². The maximum absolute atomic E-state index is 5.54. The summed E-state index contributed by atoms with van der Waals surface area (Å²) in [6.07, 6.45) is 1.21. The van der Waals surface area contributed by atoms with Crippen LogP contribution in [0.1, 0.15) is 13.3 Å². The summed E-state index contributed by atoms with van der Waals surface area (Å²) >= 11 is 0. The van der Waals surface area contributed by atoms with Gasteiger partial charge in [0.1, 0.15) is 0 Å². The van der Waals surface area contributed by atoms with Gasteiger partial charge in [-0.25, -0.2) is 0 Å². The average Bonchev–Trinajstić information content (AvgIpc) is 2.19. The fourth-order valence-corrected chi connectivity index (χ4v) is 1.03. The molecule has 0 amide bonds. The first-order valence-electron chi connectivity index (χ1n) is 5.11. The molecule has 0 aromatic heterocycles. The summed E-state index contributed by atoms with van der Waals surface area (Å²) < 4.78 is 15.4. The summed E-state index contributed by atoms with van der Waals surface area (Å²) in [5, 5.41) is 3.25. The Bertz CT molecular complexity index is 99.5. The van der Waals surface area contributed by atoms with Gasteiger partial charge in [0.25, 0.3) is 0 Å². The molecule has 0 spiro atoms. The van der Waals surface area contributed by atoms with Gasteiger partial charge in [0.2, 0.25) is 0 Å². The summed E-state index contributed by atoms with van der Waals surface area (Å²) in [6, 6.07) is 0. The lowest BCUT2D eigenvalue weighted by molar-refractivity contribution is 0.0495. The third-order valence-electron chi connectivity index (χ3n) is 1.81. The molecule has 0 aliphatic carbocycles. The van der Waals surface area contributed by atoms with Crippen molar-refractivity contribution >= 4 is 0 Å². The van der Waals surface area contributed by atoms with Gasteiger partial charge in [-0.05, 0) is 13.3 Å². The van der Waals surface area contributed by atoms with Crippen LogP contribution in [0.15, 0.2) is 0 Å². The maximum Gasteiger partial charge on any atom is 0.0671 e. The summed E-state index contributed by atoms with van der Waals surface area (Å²) in [5.74, 6) is 0. The van der Waals surface area contributed by atoms with E-state index in [1.54, 1.807) is 14.2 Å². The van der Waals surface area contributed by atoms with E-state index in [-0.39, 0.29) is 6.10 Å². The minimum absolute atomic E-state index is 0.253. The van der Waals surface area contributed by atoms with E-state index in [4.69, 9.17) is 14.2 Å². The van der Waals surface area contributed by atoms with E-state index < -0.39 is 0 Å². The Hall–Kier alpha value is -0.160. The van der Waals surface area contributed by atoms with E-state index >= 15 is 0 Å². The van der Waals surface area contributed by atoms with E-state index in [0.29, 0.717) is 0 Å². The third-order valence-corrected chi connectivity index (χ3v) is 1.81. The molecular weight excluding hydrogens is 182 g/mol. The summed E-state index contributed by atoms with van der Waals surface area (Å²) in [4.78, 5) is 0. The highest BCUT2D eigenvalue weighted by atomic mass is 16.5. The molecule has 0 heterocycles. The Morgan fingerprint density at radius 1 is 1.07 bits per heavy atom. The van der Waals surface area contributed by atoms with E-state index in [1.165, 1.54) is 0 Å². The molecule has 0 aromatic rings. The topological polar surface area (TPSA) is 39.7 Å². The maximum atomic E-state index is 5.54. The van der Waals surface area contributed by atoms with Crippen LogP contribution in [0, 0.1) is 0 Å². The second-order valence-electron chi connectivity index (χ2n) is 3.22. The van der Waals surface area contributed by atoms with Crippen LogP contribution < -0.4 is 5.32 Å². The average molecular weight is 205 g/mol. The first-order chi connectivity index (χ1) is 6.81. The second-order valence-corrected chi connectivity index (χ2v) is 3.22. The van der Waals surface area contributed by atoms with Gasteiger partial charge >= 0.3 is 0 Å². The summed E-state index contributed by atoms with van der Waals surface area (Å²) in [7, 11) is 3.40. The molecule has 0 aromatic carbocycles. The van der Waals surface area contributed by atoms with Crippen molar-refractivity contribution in [2.45, 2.75) is 19.4 Å². The Morgan fingerprint density at radius 3 is 2.43 bits per heavy atom. The molecule has 0 aliphatic heterocycles. The number of hydrogen-bond donors (Lipinski definition) is 1. The van der Waals surface area contributed by atoms with Crippen molar-refractivity contribution in [3.8, 4) is 0 Å². The molecule has 4 nitrogen and oxygen atoms in total. The lowest BCUT2D eigenvalue weighted by Gasteiger charge is -2.13. The standard InChI is InChI=1S/C10H23NO3/c1-10(9-11-5-8-13-3)14-7-4-6-12-2/h10-11H,4-9H2,1-3H3. The molecule has 0 saturated carbocycles. The van der Waals surface area contributed by atoms with Crippen LogP contribution in [0.5, 0.6) is 0 Å². The van der Waals surface area contributed by atoms with E-state index in [0.717, 1.165) is 39.3 Å². The van der Waals surface area contributed by atoms with Gasteiger partial charge in [0, 0.05) is 40.5 Å². The fourth-order valence-electron chi connectivity index (χ4n) is 1.03. The first-order valence-corrected chi connectivity index (χ1v) is 5.11. The Labute approximate surface area is 86.9 Å². The molecule has 0 rings (SSSR count). The zero-order valence-electron chi connectivity index (χ0n) is 9.54. The molecule has 1 N–H and O–H groups in total. The largest absolute Gasteiger partial charge is 0.385 e. The molecule has 14 heavy (non-hydrogen) atoms. The van der Waals surface area contributed by atoms with Gasteiger partial charge in [-0.2, -0.15) is 0 Å². The van der Waals surface area contributed by atoms with Crippen molar-refractivity contribution in [3.05, 3.63) is 0 Å². The van der Waals surface area contributed by atoms with Crippen LogP contribution in [0.2, 0.25) is 0 Å². The van der Waals surface area contributed by atoms with Crippen molar-refractivity contribution < 1.29 is 14.2 Å². The van der Waals surface area contributed by atoms with Crippen molar-refractivity contribution in [2.24, 2.45) is 0 Å². The molecule has 4 heteroatoms. The number of hydrogen-bond acceptors (Lipinski definition) is 4. The smallest absolute Gasteiger partial charge is 0.0671 e. The Balaban J connectivity index is 3.07. The van der Waals surface area contributed by atoms with Crippen molar-refractivity contribution in [3.63, 3.8) is 0 Å². The molecule has 0 bridgehead atoms. The zero-order chi connectivity index (χ0) is 10.6. The van der Waals surface area contributed by atoms with Gasteiger partial charge in [-0.3, -0.25) is 0 Å². The molecule has 0 saturated heterocycles. The predicted octanol–water partition coefficient (Wildman–Crippen LogP) is 0.664. The monoisotopic (exact) mass is 205 g/mol. The molecule has 0 aliphatic rings. The SMILES string of the molecule is COCCCOC(C)CNCCOC. The van der Waals surface area contributed by atoms with Crippen LogP contribution in [0.4, 0.5) is 0 Å². The van der Waals surface area contributed by atoms with Crippen molar-refractivity contribution in [1.82, 2.24) is 5.32 Å². The van der Waals surface area contributed by atoms with E-state index in [9.17, 15) is 0 Å². The Morgan fingerprint density at radius 2 is 1.79 bits per heavy atom.